The van der Waals surface area contributed by atoms with Crippen LogP contribution in [0.25, 0.3) is 0 Å². The van der Waals surface area contributed by atoms with Crippen molar-refractivity contribution in [3.05, 3.63) is 23.8 Å². The number of methoxy groups -OCH3 is 1. The van der Waals surface area contributed by atoms with Gasteiger partial charge in [0, 0.05) is 13.1 Å². The van der Waals surface area contributed by atoms with E-state index >= 15 is 0 Å². The van der Waals surface area contributed by atoms with Crippen molar-refractivity contribution in [2.45, 2.75) is 26.2 Å². The molecule has 0 spiro atoms. The van der Waals surface area contributed by atoms with Gasteiger partial charge in [-0.2, -0.15) is 0 Å². The summed E-state index contributed by atoms with van der Waals surface area (Å²) in [6.45, 7) is 7.89. The summed E-state index contributed by atoms with van der Waals surface area (Å²) >= 11 is 0. The van der Waals surface area contributed by atoms with E-state index in [9.17, 15) is 0 Å². The summed E-state index contributed by atoms with van der Waals surface area (Å²) < 4.78 is 16.6. The summed E-state index contributed by atoms with van der Waals surface area (Å²) in [6, 6.07) is 6.17. The van der Waals surface area contributed by atoms with Gasteiger partial charge in [-0.3, -0.25) is 4.90 Å². The Morgan fingerprint density at radius 2 is 1.95 bits per heavy atom. The maximum Gasteiger partial charge on any atom is 0.161 e. The SMILES string of the molecule is CCc1ccc(OCCCCN2CCOCC2)c(OC)c1. The minimum Gasteiger partial charge on any atom is -0.493 e. The van der Waals surface area contributed by atoms with E-state index in [-0.39, 0.29) is 0 Å². The van der Waals surface area contributed by atoms with E-state index in [0.29, 0.717) is 0 Å². The monoisotopic (exact) mass is 293 g/mol. The van der Waals surface area contributed by atoms with Crippen LogP contribution < -0.4 is 9.47 Å². The summed E-state index contributed by atoms with van der Waals surface area (Å²) in [6.07, 6.45) is 3.24. The topological polar surface area (TPSA) is 30.9 Å². The van der Waals surface area contributed by atoms with Crippen LogP contribution in [-0.4, -0.2) is 51.5 Å². The Morgan fingerprint density at radius 1 is 1.14 bits per heavy atom. The summed E-state index contributed by atoms with van der Waals surface area (Å²) in [4.78, 5) is 2.46. The molecule has 1 aliphatic rings. The molecule has 1 heterocycles. The van der Waals surface area contributed by atoms with E-state index in [1.54, 1.807) is 7.11 Å². The van der Waals surface area contributed by atoms with E-state index in [1.807, 2.05) is 6.07 Å². The van der Waals surface area contributed by atoms with Crippen LogP contribution in [0.4, 0.5) is 0 Å². The molecule has 4 nitrogen and oxygen atoms in total. The molecule has 0 atom stereocenters. The molecule has 21 heavy (non-hydrogen) atoms. The lowest BCUT2D eigenvalue weighted by Crippen LogP contribution is -2.36. The smallest absolute Gasteiger partial charge is 0.161 e. The Balaban J connectivity index is 1.68. The third-order valence-electron chi connectivity index (χ3n) is 3.87. The molecule has 1 saturated heterocycles. The predicted molar refractivity (Wildman–Crippen MR) is 84.4 cm³/mol. The van der Waals surface area contributed by atoms with Gasteiger partial charge in [0.1, 0.15) is 0 Å². The minimum absolute atomic E-state index is 0.742. The van der Waals surface area contributed by atoms with E-state index in [1.165, 1.54) is 5.56 Å². The Labute approximate surface area is 128 Å². The Morgan fingerprint density at radius 3 is 2.67 bits per heavy atom. The number of aryl methyl sites for hydroxylation is 1. The fourth-order valence-corrected chi connectivity index (χ4v) is 2.50. The van der Waals surface area contributed by atoms with Crippen LogP contribution in [0, 0.1) is 0 Å². The highest BCUT2D eigenvalue weighted by Gasteiger charge is 2.09. The zero-order valence-electron chi connectivity index (χ0n) is 13.3. The van der Waals surface area contributed by atoms with Crippen LogP contribution in [-0.2, 0) is 11.2 Å². The molecule has 1 aromatic carbocycles. The van der Waals surface area contributed by atoms with Gasteiger partial charge in [-0.05, 0) is 43.5 Å². The van der Waals surface area contributed by atoms with Gasteiger partial charge in [-0.15, -0.1) is 0 Å². The number of benzene rings is 1. The fraction of sp³-hybridized carbons (Fsp3) is 0.647. The first kappa shape index (κ1) is 16.1. The van der Waals surface area contributed by atoms with Gasteiger partial charge in [-0.1, -0.05) is 13.0 Å². The van der Waals surface area contributed by atoms with Crippen LogP contribution in [0.3, 0.4) is 0 Å². The molecule has 1 fully saturated rings. The molecule has 4 heteroatoms. The van der Waals surface area contributed by atoms with Gasteiger partial charge in [-0.25, -0.2) is 0 Å². The Bertz CT molecular complexity index is 416. The van der Waals surface area contributed by atoms with Crippen molar-refractivity contribution < 1.29 is 14.2 Å². The molecule has 118 valence electrons. The van der Waals surface area contributed by atoms with Crippen LogP contribution in [0.5, 0.6) is 11.5 Å². The number of unbranched alkanes of at least 4 members (excludes halogenated alkanes) is 1. The van der Waals surface area contributed by atoms with Crippen molar-refractivity contribution >= 4 is 0 Å². The van der Waals surface area contributed by atoms with E-state index in [0.717, 1.165) is 70.2 Å². The van der Waals surface area contributed by atoms with Crippen LogP contribution >= 0.6 is 0 Å². The predicted octanol–water partition coefficient (Wildman–Crippen LogP) is 2.75. The number of nitrogens with zero attached hydrogens (tertiary/aromatic N) is 1. The molecule has 0 aliphatic carbocycles. The van der Waals surface area contributed by atoms with E-state index in [4.69, 9.17) is 14.2 Å². The number of hydrogen-bond donors (Lipinski definition) is 0. The highest BCUT2D eigenvalue weighted by Crippen LogP contribution is 2.28. The van der Waals surface area contributed by atoms with Gasteiger partial charge in [0.2, 0.25) is 0 Å². The molecule has 0 unspecified atom stereocenters. The van der Waals surface area contributed by atoms with E-state index < -0.39 is 0 Å². The van der Waals surface area contributed by atoms with E-state index in [2.05, 4.69) is 24.0 Å². The molecule has 1 aliphatic heterocycles. The van der Waals surface area contributed by atoms with Crippen LogP contribution in [0.15, 0.2) is 18.2 Å². The molecule has 1 aromatic rings. The number of hydrogen-bond acceptors (Lipinski definition) is 4. The van der Waals surface area contributed by atoms with Crippen LogP contribution in [0.1, 0.15) is 25.3 Å². The fourth-order valence-electron chi connectivity index (χ4n) is 2.50. The summed E-state index contributed by atoms with van der Waals surface area (Å²) in [7, 11) is 1.69. The van der Waals surface area contributed by atoms with Crippen molar-refractivity contribution in [1.29, 1.82) is 0 Å². The second-order valence-electron chi connectivity index (χ2n) is 5.35. The molecule has 0 amide bonds. The van der Waals surface area contributed by atoms with Crippen molar-refractivity contribution in [3.63, 3.8) is 0 Å². The molecule has 2 rings (SSSR count). The van der Waals surface area contributed by atoms with Crippen molar-refractivity contribution in [3.8, 4) is 11.5 Å². The van der Waals surface area contributed by atoms with Crippen molar-refractivity contribution in [2.24, 2.45) is 0 Å². The zero-order chi connectivity index (χ0) is 14.9. The normalized spacial score (nSPS) is 15.9. The maximum atomic E-state index is 5.85. The second kappa shape index (κ2) is 8.90. The Kier molecular flexibility index (Phi) is 6.83. The molecule has 0 radical (unpaired) electrons. The molecular weight excluding hydrogens is 266 g/mol. The average Bonchev–Trinajstić information content (AvgIpc) is 2.55. The largest absolute Gasteiger partial charge is 0.493 e. The number of morpholine rings is 1. The highest BCUT2D eigenvalue weighted by molar-refractivity contribution is 5.42. The lowest BCUT2D eigenvalue weighted by atomic mass is 10.1. The Hall–Kier alpha value is -1.26. The van der Waals surface area contributed by atoms with Gasteiger partial charge >= 0.3 is 0 Å². The summed E-state index contributed by atoms with van der Waals surface area (Å²) in [5, 5.41) is 0. The first-order valence-corrected chi connectivity index (χ1v) is 7.93. The molecule has 0 bridgehead atoms. The maximum absolute atomic E-state index is 5.85. The summed E-state index contributed by atoms with van der Waals surface area (Å²) in [5.41, 5.74) is 1.27. The lowest BCUT2D eigenvalue weighted by Gasteiger charge is -2.26. The van der Waals surface area contributed by atoms with Gasteiger partial charge in [0.25, 0.3) is 0 Å². The molecule has 0 N–H and O–H groups in total. The third-order valence-corrected chi connectivity index (χ3v) is 3.87. The van der Waals surface area contributed by atoms with Crippen molar-refractivity contribution in [1.82, 2.24) is 4.90 Å². The highest BCUT2D eigenvalue weighted by atomic mass is 16.5. The second-order valence-corrected chi connectivity index (χ2v) is 5.35. The standard InChI is InChI=1S/C17H27NO3/c1-3-15-6-7-16(17(14-15)19-2)21-11-5-4-8-18-9-12-20-13-10-18/h6-7,14H,3-5,8-13H2,1-2H3. The van der Waals surface area contributed by atoms with Gasteiger partial charge in [0.15, 0.2) is 11.5 Å². The third kappa shape index (κ3) is 5.21. The molecule has 0 aromatic heterocycles. The summed E-state index contributed by atoms with van der Waals surface area (Å²) in [5.74, 6) is 1.68. The van der Waals surface area contributed by atoms with Gasteiger partial charge in [0.05, 0.1) is 26.9 Å². The minimum atomic E-state index is 0.742. The van der Waals surface area contributed by atoms with Gasteiger partial charge < -0.3 is 14.2 Å². The van der Waals surface area contributed by atoms with Crippen LogP contribution in [0.2, 0.25) is 0 Å². The first-order valence-electron chi connectivity index (χ1n) is 7.93. The zero-order valence-corrected chi connectivity index (χ0v) is 13.3. The number of rotatable bonds is 8. The molecular formula is C17H27NO3. The first-order chi connectivity index (χ1) is 10.3. The molecule has 0 saturated carbocycles. The number of ether oxygens (including phenoxy) is 3. The average molecular weight is 293 g/mol. The quantitative estimate of drug-likeness (QED) is 0.690. The van der Waals surface area contributed by atoms with Crippen molar-refractivity contribution in [2.75, 3.05) is 46.6 Å². The lowest BCUT2D eigenvalue weighted by molar-refractivity contribution is 0.0368.